The van der Waals surface area contributed by atoms with Gasteiger partial charge in [-0.05, 0) is 45.7 Å². The summed E-state index contributed by atoms with van der Waals surface area (Å²) in [5, 5.41) is 6.06. The predicted molar refractivity (Wildman–Crippen MR) is 74.0 cm³/mol. The van der Waals surface area contributed by atoms with Crippen molar-refractivity contribution in [3.05, 3.63) is 24.3 Å². The number of aromatic nitrogens is 1. The van der Waals surface area contributed by atoms with Gasteiger partial charge < -0.3 is 15.4 Å². The third-order valence-electron chi connectivity index (χ3n) is 2.96. The number of nitrogens with one attached hydrogen (secondary N) is 2. The molecule has 0 bridgehead atoms. The lowest BCUT2D eigenvalue weighted by molar-refractivity contribution is 0.0475. The maximum atomic E-state index is 12.7. The highest BCUT2D eigenvalue weighted by molar-refractivity contribution is 5.68. The molecule has 0 unspecified atom stereocenters. The van der Waals surface area contributed by atoms with Gasteiger partial charge in [-0.1, -0.05) is 0 Å². The fourth-order valence-corrected chi connectivity index (χ4v) is 2.02. The maximum absolute atomic E-state index is 12.7. The van der Waals surface area contributed by atoms with E-state index in [1.165, 1.54) is 12.3 Å². The molecule has 6 heteroatoms. The van der Waals surface area contributed by atoms with Crippen LogP contribution in [-0.4, -0.2) is 28.8 Å². The second-order valence-electron chi connectivity index (χ2n) is 6.03. The maximum Gasteiger partial charge on any atom is 0.407 e. The topological polar surface area (TPSA) is 63.2 Å². The Morgan fingerprint density at radius 1 is 1.35 bits per heavy atom. The number of anilines is 1. The van der Waals surface area contributed by atoms with Crippen LogP contribution < -0.4 is 10.6 Å². The summed E-state index contributed by atoms with van der Waals surface area (Å²) in [5.41, 5.74) is 0.303. The molecule has 1 amide bonds. The number of rotatable bonds is 3. The Kier molecular flexibility index (Phi) is 4.11. The Hall–Kier alpha value is -1.85. The number of alkyl carbamates (subject to hydrolysis) is 1. The molecule has 2 N–H and O–H groups in total. The fourth-order valence-electron chi connectivity index (χ4n) is 2.02. The van der Waals surface area contributed by atoms with Crippen molar-refractivity contribution in [1.29, 1.82) is 0 Å². The minimum absolute atomic E-state index is 0.121. The molecule has 1 saturated carbocycles. The molecule has 0 saturated heterocycles. The summed E-state index contributed by atoms with van der Waals surface area (Å²) in [6.45, 7) is 5.50. The number of ether oxygens (including phenoxy) is 1. The van der Waals surface area contributed by atoms with Crippen LogP contribution in [0.2, 0.25) is 0 Å². The average molecular weight is 281 g/mol. The van der Waals surface area contributed by atoms with Crippen LogP contribution in [0.25, 0.3) is 0 Å². The first-order chi connectivity index (χ1) is 9.32. The zero-order valence-electron chi connectivity index (χ0n) is 11.9. The third kappa shape index (κ3) is 4.36. The molecule has 1 aliphatic rings. The minimum Gasteiger partial charge on any atom is -0.444 e. The van der Waals surface area contributed by atoms with Crippen LogP contribution in [0.1, 0.15) is 33.6 Å². The summed E-state index contributed by atoms with van der Waals surface area (Å²) in [6.07, 6.45) is 2.71. The number of hydrogen-bond donors (Lipinski definition) is 2. The van der Waals surface area contributed by atoms with E-state index in [0.717, 1.165) is 18.5 Å². The number of carbonyl (C=O) groups is 1. The molecule has 110 valence electrons. The van der Waals surface area contributed by atoms with E-state index in [-0.39, 0.29) is 18.2 Å². The summed E-state index contributed by atoms with van der Waals surface area (Å²) in [5.74, 6) is -0.492. The largest absolute Gasteiger partial charge is 0.444 e. The van der Waals surface area contributed by atoms with E-state index in [1.54, 1.807) is 6.07 Å². The van der Waals surface area contributed by atoms with Crippen molar-refractivity contribution in [2.24, 2.45) is 0 Å². The van der Waals surface area contributed by atoms with Crippen molar-refractivity contribution in [3.63, 3.8) is 0 Å². The average Bonchev–Trinajstić information content (AvgIpc) is 2.26. The molecule has 0 aliphatic heterocycles. The Bertz CT molecular complexity index is 464. The van der Waals surface area contributed by atoms with Crippen molar-refractivity contribution in [2.75, 3.05) is 5.32 Å². The van der Waals surface area contributed by atoms with Crippen LogP contribution in [0.15, 0.2) is 18.3 Å². The Morgan fingerprint density at radius 2 is 2.05 bits per heavy atom. The summed E-state index contributed by atoms with van der Waals surface area (Å²) in [4.78, 5) is 15.1. The Morgan fingerprint density at radius 3 is 2.60 bits per heavy atom. The molecule has 0 spiro atoms. The van der Waals surface area contributed by atoms with Gasteiger partial charge in [0, 0.05) is 12.1 Å². The number of nitrogens with zero attached hydrogens (tertiary/aromatic N) is 1. The highest BCUT2D eigenvalue weighted by Gasteiger charge is 2.31. The summed E-state index contributed by atoms with van der Waals surface area (Å²) < 4.78 is 17.8. The first-order valence-corrected chi connectivity index (χ1v) is 6.69. The van der Waals surface area contributed by atoms with Crippen LogP contribution in [0, 0.1) is 5.95 Å². The van der Waals surface area contributed by atoms with Gasteiger partial charge in [0.2, 0.25) is 5.95 Å². The molecule has 1 fully saturated rings. The van der Waals surface area contributed by atoms with E-state index < -0.39 is 11.5 Å². The normalized spacial score (nSPS) is 21.8. The van der Waals surface area contributed by atoms with Crippen LogP contribution in [-0.2, 0) is 4.74 Å². The summed E-state index contributed by atoms with van der Waals surface area (Å²) >= 11 is 0. The lowest BCUT2D eigenvalue weighted by Gasteiger charge is -2.37. The second-order valence-corrected chi connectivity index (χ2v) is 6.03. The van der Waals surface area contributed by atoms with Crippen molar-refractivity contribution in [1.82, 2.24) is 10.3 Å². The number of hydrogen-bond acceptors (Lipinski definition) is 4. The first-order valence-electron chi connectivity index (χ1n) is 6.69. The Balaban J connectivity index is 1.70. The smallest absolute Gasteiger partial charge is 0.407 e. The molecule has 0 atom stereocenters. The van der Waals surface area contributed by atoms with Gasteiger partial charge in [0.1, 0.15) is 5.60 Å². The van der Waals surface area contributed by atoms with Crippen LogP contribution in [0.4, 0.5) is 14.9 Å². The SMILES string of the molecule is CC(C)(C)OC(=O)NC1CC(Nc2ccc(F)nc2)C1. The van der Waals surface area contributed by atoms with Gasteiger partial charge in [-0.15, -0.1) is 0 Å². The van der Waals surface area contributed by atoms with Crippen molar-refractivity contribution >= 4 is 11.8 Å². The molecule has 20 heavy (non-hydrogen) atoms. The molecule has 5 nitrogen and oxygen atoms in total. The minimum atomic E-state index is -0.492. The third-order valence-corrected chi connectivity index (χ3v) is 2.96. The van der Waals surface area contributed by atoms with E-state index in [4.69, 9.17) is 4.74 Å². The molecule has 0 aromatic carbocycles. The molecule has 1 aromatic heterocycles. The molecule has 2 rings (SSSR count). The lowest BCUT2D eigenvalue weighted by Crippen LogP contribution is -2.50. The Labute approximate surface area is 117 Å². The summed E-state index contributed by atoms with van der Waals surface area (Å²) in [6, 6.07) is 3.35. The van der Waals surface area contributed by atoms with E-state index in [0.29, 0.717) is 0 Å². The van der Waals surface area contributed by atoms with Crippen LogP contribution >= 0.6 is 0 Å². The predicted octanol–water partition coefficient (Wildman–Crippen LogP) is 2.69. The van der Waals surface area contributed by atoms with Gasteiger partial charge in [-0.3, -0.25) is 0 Å². The van der Waals surface area contributed by atoms with Crippen molar-refractivity contribution in [2.45, 2.75) is 51.3 Å². The number of carbonyl (C=O) groups excluding carboxylic acids is 1. The highest BCUT2D eigenvalue weighted by Crippen LogP contribution is 2.24. The van der Waals surface area contributed by atoms with E-state index in [9.17, 15) is 9.18 Å². The lowest BCUT2D eigenvalue weighted by atomic mass is 9.87. The van der Waals surface area contributed by atoms with Gasteiger partial charge in [0.25, 0.3) is 0 Å². The molecular formula is C14H20FN3O2. The van der Waals surface area contributed by atoms with Gasteiger partial charge >= 0.3 is 6.09 Å². The fraction of sp³-hybridized carbons (Fsp3) is 0.571. The molecule has 1 aliphatic carbocycles. The monoisotopic (exact) mass is 281 g/mol. The number of halogens is 1. The van der Waals surface area contributed by atoms with E-state index >= 15 is 0 Å². The highest BCUT2D eigenvalue weighted by atomic mass is 19.1. The van der Waals surface area contributed by atoms with Gasteiger partial charge in [0.05, 0.1) is 11.9 Å². The molecule has 0 radical (unpaired) electrons. The number of amides is 1. The van der Waals surface area contributed by atoms with E-state index in [2.05, 4.69) is 15.6 Å². The second kappa shape index (κ2) is 5.64. The zero-order chi connectivity index (χ0) is 14.8. The van der Waals surface area contributed by atoms with E-state index in [1.807, 2.05) is 20.8 Å². The molecular weight excluding hydrogens is 261 g/mol. The standard InChI is InChI=1S/C14H20FN3O2/c1-14(2,3)20-13(19)18-11-6-10(7-11)17-9-4-5-12(15)16-8-9/h4-5,8,10-11,17H,6-7H2,1-3H3,(H,18,19). The molecule has 1 aromatic rings. The quantitative estimate of drug-likeness (QED) is 0.836. The molecule has 1 heterocycles. The zero-order valence-corrected chi connectivity index (χ0v) is 11.9. The summed E-state index contributed by atoms with van der Waals surface area (Å²) in [7, 11) is 0. The first kappa shape index (κ1) is 14.6. The van der Waals surface area contributed by atoms with Crippen LogP contribution in [0.5, 0.6) is 0 Å². The van der Waals surface area contributed by atoms with Crippen molar-refractivity contribution in [3.8, 4) is 0 Å². The van der Waals surface area contributed by atoms with Gasteiger partial charge in [0.15, 0.2) is 0 Å². The van der Waals surface area contributed by atoms with Crippen LogP contribution in [0.3, 0.4) is 0 Å². The van der Waals surface area contributed by atoms with Gasteiger partial charge in [-0.2, -0.15) is 4.39 Å². The number of pyridine rings is 1. The van der Waals surface area contributed by atoms with Gasteiger partial charge in [-0.25, -0.2) is 9.78 Å². The van der Waals surface area contributed by atoms with Crippen molar-refractivity contribution < 1.29 is 13.9 Å².